The van der Waals surface area contributed by atoms with E-state index in [2.05, 4.69) is 10.6 Å². The normalized spacial score (nSPS) is 11.4. The quantitative estimate of drug-likeness (QED) is 0.361. The minimum atomic E-state index is -0.501. The molecule has 3 aromatic carbocycles. The molecule has 0 aliphatic rings. The first-order chi connectivity index (χ1) is 15.9. The molecule has 1 atom stereocenters. The Morgan fingerprint density at radius 2 is 1.55 bits per heavy atom. The highest BCUT2D eigenvalue weighted by Crippen LogP contribution is 2.22. The molecule has 0 saturated heterocycles. The second-order valence-electron chi connectivity index (χ2n) is 7.63. The first kappa shape index (κ1) is 23.7. The van der Waals surface area contributed by atoms with E-state index in [0.29, 0.717) is 18.8 Å². The highest BCUT2D eigenvalue weighted by atomic mass is 16.5. The van der Waals surface area contributed by atoms with Crippen molar-refractivity contribution in [3.8, 4) is 5.75 Å². The van der Waals surface area contributed by atoms with Crippen LogP contribution in [0.25, 0.3) is 0 Å². The zero-order chi connectivity index (χ0) is 23.8. The SMILES string of the molecule is CC(=O)Oc1ccccc1C(=O)Nc1ccc(C(C)C(=O)NCc2ccc(CN)cc2)cc1. The molecule has 3 rings (SSSR count). The van der Waals surface area contributed by atoms with Crippen molar-refractivity contribution in [2.75, 3.05) is 5.32 Å². The third-order valence-corrected chi connectivity index (χ3v) is 5.17. The van der Waals surface area contributed by atoms with Crippen molar-refractivity contribution in [1.82, 2.24) is 5.32 Å². The summed E-state index contributed by atoms with van der Waals surface area (Å²) in [6, 6.07) is 21.4. The van der Waals surface area contributed by atoms with Gasteiger partial charge in [-0.3, -0.25) is 14.4 Å². The van der Waals surface area contributed by atoms with Gasteiger partial charge in [0, 0.05) is 25.7 Å². The van der Waals surface area contributed by atoms with Gasteiger partial charge < -0.3 is 21.1 Å². The van der Waals surface area contributed by atoms with Gasteiger partial charge in [-0.2, -0.15) is 0 Å². The average Bonchev–Trinajstić information content (AvgIpc) is 2.82. The second-order valence-corrected chi connectivity index (χ2v) is 7.63. The fourth-order valence-corrected chi connectivity index (χ4v) is 3.24. The summed E-state index contributed by atoms with van der Waals surface area (Å²) in [5.74, 6) is -1.15. The van der Waals surface area contributed by atoms with E-state index in [1.807, 2.05) is 31.2 Å². The van der Waals surface area contributed by atoms with Crippen LogP contribution in [0.4, 0.5) is 5.69 Å². The van der Waals surface area contributed by atoms with E-state index < -0.39 is 11.9 Å². The fraction of sp³-hybridized carbons (Fsp3) is 0.192. The van der Waals surface area contributed by atoms with Crippen molar-refractivity contribution in [2.24, 2.45) is 5.73 Å². The summed E-state index contributed by atoms with van der Waals surface area (Å²) in [7, 11) is 0. The Hall–Kier alpha value is -3.97. The van der Waals surface area contributed by atoms with Gasteiger partial charge >= 0.3 is 5.97 Å². The lowest BCUT2D eigenvalue weighted by Gasteiger charge is -2.14. The number of esters is 1. The van der Waals surface area contributed by atoms with Crippen LogP contribution >= 0.6 is 0 Å². The molecule has 33 heavy (non-hydrogen) atoms. The zero-order valence-corrected chi connectivity index (χ0v) is 18.6. The third-order valence-electron chi connectivity index (χ3n) is 5.17. The lowest BCUT2D eigenvalue weighted by atomic mass is 10.00. The molecule has 0 radical (unpaired) electrons. The van der Waals surface area contributed by atoms with Crippen molar-refractivity contribution in [3.63, 3.8) is 0 Å². The predicted molar refractivity (Wildman–Crippen MR) is 127 cm³/mol. The average molecular weight is 446 g/mol. The number of nitrogens with two attached hydrogens (primary N) is 1. The van der Waals surface area contributed by atoms with Crippen LogP contribution in [0.3, 0.4) is 0 Å². The summed E-state index contributed by atoms with van der Waals surface area (Å²) in [6.07, 6.45) is 0. The molecule has 0 bridgehead atoms. The van der Waals surface area contributed by atoms with E-state index in [1.54, 1.807) is 48.5 Å². The molecule has 170 valence electrons. The summed E-state index contributed by atoms with van der Waals surface area (Å²) >= 11 is 0. The van der Waals surface area contributed by atoms with Gasteiger partial charge in [-0.05, 0) is 47.9 Å². The number of anilines is 1. The molecule has 0 heterocycles. The summed E-state index contributed by atoms with van der Waals surface area (Å²) in [5.41, 5.74) is 9.29. The summed E-state index contributed by atoms with van der Waals surface area (Å²) < 4.78 is 5.10. The van der Waals surface area contributed by atoms with Gasteiger partial charge in [0.05, 0.1) is 11.5 Å². The van der Waals surface area contributed by atoms with Crippen LogP contribution in [-0.2, 0) is 22.7 Å². The molecule has 7 heteroatoms. The predicted octanol–water partition coefficient (Wildman–Crippen LogP) is 3.74. The Morgan fingerprint density at radius 1 is 0.909 bits per heavy atom. The highest BCUT2D eigenvalue weighted by molar-refractivity contribution is 6.06. The van der Waals surface area contributed by atoms with Gasteiger partial charge in [-0.1, -0.05) is 48.5 Å². The molecular weight excluding hydrogens is 418 g/mol. The topological polar surface area (TPSA) is 111 Å². The van der Waals surface area contributed by atoms with Gasteiger partial charge in [-0.25, -0.2) is 0 Å². The molecule has 0 saturated carbocycles. The molecule has 2 amide bonds. The maximum absolute atomic E-state index is 12.6. The molecule has 0 fully saturated rings. The molecular formula is C26H27N3O4. The van der Waals surface area contributed by atoms with Gasteiger partial charge in [0.2, 0.25) is 5.91 Å². The van der Waals surface area contributed by atoms with Gasteiger partial charge in [-0.15, -0.1) is 0 Å². The lowest BCUT2D eigenvalue weighted by Crippen LogP contribution is -2.27. The van der Waals surface area contributed by atoms with Crippen LogP contribution in [0.5, 0.6) is 5.75 Å². The summed E-state index contributed by atoms with van der Waals surface area (Å²) in [6.45, 7) is 4.03. The largest absolute Gasteiger partial charge is 0.426 e. The van der Waals surface area contributed by atoms with Gasteiger partial charge in [0.1, 0.15) is 5.75 Å². The highest BCUT2D eigenvalue weighted by Gasteiger charge is 2.16. The van der Waals surface area contributed by atoms with Crippen molar-refractivity contribution < 1.29 is 19.1 Å². The van der Waals surface area contributed by atoms with E-state index in [0.717, 1.165) is 16.7 Å². The first-order valence-corrected chi connectivity index (χ1v) is 10.6. The van der Waals surface area contributed by atoms with Crippen molar-refractivity contribution >= 4 is 23.5 Å². The standard InChI is InChI=1S/C26H27N3O4/c1-17(25(31)28-16-20-9-7-19(15-27)8-10-20)21-11-13-22(14-12-21)29-26(32)23-5-3-4-6-24(23)33-18(2)30/h3-14,17H,15-16,27H2,1-2H3,(H,28,31)(H,29,32). The Labute approximate surface area is 193 Å². The Bertz CT molecular complexity index is 1130. The van der Waals surface area contributed by atoms with Crippen LogP contribution in [0.15, 0.2) is 72.8 Å². The number of rotatable bonds is 8. The van der Waals surface area contributed by atoms with E-state index in [1.165, 1.54) is 6.92 Å². The number of para-hydroxylation sites is 1. The Balaban J connectivity index is 1.59. The second kappa shape index (κ2) is 11.1. The Morgan fingerprint density at radius 3 is 2.18 bits per heavy atom. The minimum Gasteiger partial charge on any atom is -0.426 e. The van der Waals surface area contributed by atoms with Crippen LogP contribution in [-0.4, -0.2) is 17.8 Å². The minimum absolute atomic E-state index is 0.0926. The molecule has 0 aromatic heterocycles. The summed E-state index contributed by atoms with van der Waals surface area (Å²) in [5, 5.41) is 5.73. The first-order valence-electron chi connectivity index (χ1n) is 10.6. The maximum atomic E-state index is 12.6. The number of carbonyl (C=O) groups excluding carboxylic acids is 3. The van der Waals surface area contributed by atoms with Crippen molar-refractivity contribution in [1.29, 1.82) is 0 Å². The van der Waals surface area contributed by atoms with Gasteiger partial charge in [0.15, 0.2) is 0 Å². The molecule has 7 nitrogen and oxygen atoms in total. The van der Waals surface area contributed by atoms with E-state index in [9.17, 15) is 14.4 Å². The molecule has 0 spiro atoms. The number of ether oxygens (including phenoxy) is 1. The van der Waals surface area contributed by atoms with Crippen LogP contribution in [0.1, 0.15) is 46.8 Å². The van der Waals surface area contributed by atoms with Crippen LogP contribution < -0.4 is 21.1 Å². The zero-order valence-electron chi connectivity index (χ0n) is 18.6. The fourth-order valence-electron chi connectivity index (χ4n) is 3.24. The van der Waals surface area contributed by atoms with Crippen LogP contribution in [0, 0.1) is 0 Å². The summed E-state index contributed by atoms with van der Waals surface area (Å²) in [4.78, 5) is 36.5. The molecule has 0 aliphatic heterocycles. The third kappa shape index (κ3) is 6.51. The number of carbonyl (C=O) groups is 3. The van der Waals surface area contributed by atoms with Crippen molar-refractivity contribution in [2.45, 2.75) is 32.9 Å². The molecule has 4 N–H and O–H groups in total. The van der Waals surface area contributed by atoms with Crippen LogP contribution in [0.2, 0.25) is 0 Å². The monoisotopic (exact) mass is 445 g/mol. The Kier molecular flexibility index (Phi) is 7.94. The molecule has 1 unspecified atom stereocenters. The van der Waals surface area contributed by atoms with E-state index in [-0.39, 0.29) is 23.1 Å². The van der Waals surface area contributed by atoms with Crippen molar-refractivity contribution in [3.05, 3.63) is 95.1 Å². The smallest absolute Gasteiger partial charge is 0.308 e. The lowest BCUT2D eigenvalue weighted by molar-refractivity contribution is -0.131. The number of benzene rings is 3. The number of amides is 2. The van der Waals surface area contributed by atoms with Gasteiger partial charge in [0.25, 0.3) is 5.91 Å². The molecule has 0 aliphatic carbocycles. The van der Waals surface area contributed by atoms with E-state index in [4.69, 9.17) is 10.5 Å². The number of hydrogen-bond donors (Lipinski definition) is 3. The van der Waals surface area contributed by atoms with E-state index >= 15 is 0 Å². The maximum Gasteiger partial charge on any atom is 0.308 e. The number of nitrogens with one attached hydrogen (secondary N) is 2. The molecule has 3 aromatic rings. The number of hydrogen-bond acceptors (Lipinski definition) is 5.